The van der Waals surface area contributed by atoms with Crippen LogP contribution in [0.25, 0.3) is 0 Å². The fraction of sp³-hybridized carbons (Fsp3) is 0.533. The molecule has 1 fully saturated rings. The highest BCUT2D eigenvalue weighted by Gasteiger charge is 2.35. The van der Waals surface area contributed by atoms with Gasteiger partial charge in [-0.3, -0.25) is 4.79 Å². The fourth-order valence-corrected chi connectivity index (χ4v) is 4.32. The lowest BCUT2D eigenvalue weighted by atomic mass is 9.94. The van der Waals surface area contributed by atoms with Gasteiger partial charge in [-0.15, -0.1) is 11.8 Å². The largest absolute Gasteiger partial charge is 0.339 e. The molecular formula is C15H20N2OS. The molecule has 0 aliphatic carbocycles. The van der Waals surface area contributed by atoms with Gasteiger partial charge in [-0.05, 0) is 31.4 Å². The summed E-state index contributed by atoms with van der Waals surface area (Å²) in [6.07, 6.45) is 1.85. The van der Waals surface area contributed by atoms with Crippen molar-refractivity contribution in [2.75, 3.05) is 12.3 Å². The molecule has 0 saturated carbocycles. The lowest BCUT2D eigenvalue weighted by Crippen LogP contribution is -2.49. The van der Waals surface area contributed by atoms with Gasteiger partial charge in [-0.1, -0.05) is 18.2 Å². The quantitative estimate of drug-likeness (QED) is 0.855. The minimum atomic E-state index is 0.0398. The Bertz CT molecular complexity index is 491. The molecule has 3 atom stereocenters. The van der Waals surface area contributed by atoms with Crippen LogP contribution in [0.2, 0.25) is 0 Å². The van der Waals surface area contributed by atoms with Crippen molar-refractivity contribution in [2.24, 2.45) is 5.73 Å². The summed E-state index contributed by atoms with van der Waals surface area (Å²) in [5.41, 5.74) is 7.18. The summed E-state index contributed by atoms with van der Waals surface area (Å²) in [5.74, 6) is 1.21. The van der Waals surface area contributed by atoms with E-state index in [-0.39, 0.29) is 23.9 Å². The van der Waals surface area contributed by atoms with Crippen LogP contribution < -0.4 is 5.73 Å². The number of rotatable bonds is 1. The van der Waals surface area contributed by atoms with Crippen molar-refractivity contribution >= 4 is 17.7 Å². The van der Waals surface area contributed by atoms with Crippen LogP contribution in [0, 0.1) is 0 Å². The summed E-state index contributed by atoms with van der Waals surface area (Å²) < 4.78 is 0. The molecule has 3 unspecified atom stereocenters. The normalized spacial score (nSPS) is 30.2. The van der Waals surface area contributed by atoms with Gasteiger partial charge in [0, 0.05) is 29.3 Å². The Morgan fingerprint density at radius 3 is 3.00 bits per heavy atom. The Hall–Kier alpha value is -1.00. The Labute approximate surface area is 118 Å². The number of thioether (sulfide) groups is 1. The maximum Gasteiger partial charge on any atom is 0.231 e. The smallest absolute Gasteiger partial charge is 0.231 e. The van der Waals surface area contributed by atoms with Crippen molar-refractivity contribution in [3.05, 3.63) is 29.8 Å². The zero-order valence-electron chi connectivity index (χ0n) is 11.2. The van der Waals surface area contributed by atoms with Gasteiger partial charge in [-0.2, -0.15) is 0 Å². The molecule has 3 nitrogen and oxygen atoms in total. The minimum Gasteiger partial charge on any atom is -0.339 e. The second-order valence-corrected chi connectivity index (χ2v) is 6.63. The summed E-state index contributed by atoms with van der Waals surface area (Å²) in [7, 11) is 0. The van der Waals surface area contributed by atoms with Gasteiger partial charge in [0.25, 0.3) is 0 Å². The van der Waals surface area contributed by atoms with Gasteiger partial charge in [0.2, 0.25) is 5.91 Å². The van der Waals surface area contributed by atoms with Gasteiger partial charge < -0.3 is 10.6 Å². The zero-order valence-corrected chi connectivity index (χ0v) is 12.0. The number of carbonyl (C=O) groups excluding carboxylic acids is 1. The number of fused-ring (bicyclic) bond motifs is 1. The van der Waals surface area contributed by atoms with E-state index in [4.69, 9.17) is 5.73 Å². The van der Waals surface area contributed by atoms with Crippen LogP contribution in [0.3, 0.4) is 0 Å². The number of nitrogens with zero attached hydrogens (tertiary/aromatic N) is 1. The van der Waals surface area contributed by atoms with Gasteiger partial charge in [-0.25, -0.2) is 0 Å². The predicted octanol–water partition coefficient (Wildman–Crippen LogP) is 2.21. The SMILES string of the molecule is CC1CC(N)CCN1C(=O)C1CSc2ccccc21. The molecular weight excluding hydrogens is 256 g/mol. The van der Waals surface area contributed by atoms with E-state index in [1.165, 1.54) is 10.5 Å². The van der Waals surface area contributed by atoms with Crippen LogP contribution in [0.4, 0.5) is 0 Å². The third kappa shape index (κ3) is 2.39. The molecule has 0 radical (unpaired) electrons. The first kappa shape index (κ1) is 13.0. The highest BCUT2D eigenvalue weighted by molar-refractivity contribution is 7.99. The van der Waals surface area contributed by atoms with E-state index in [0.29, 0.717) is 0 Å². The molecule has 0 spiro atoms. The average Bonchev–Trinajstić information content (AvgIpc) is 2.82. The zero-order chi connectivity index (χ0) is 13.4. The van der Waals surface area contributed by atoms with Crippen molar-refractivity contribution < 1.29 is 4.79 Å². The number of likely N-dealkylation sites (tertiary alicyclic amines) is 1. The van der Waals surface area contributed by atoms with Crippen LogP contribution in [-0.4, -0.2) is 35.2 Å². The summed E-state index contributed by atoms with van der Waals surface area (Å²) in [5, 5.41) is 0. The van der Waals surface area contributed by atoms with E-state index in [9.17, 15) is 4.79 Å². The van der Waals surface area contributed by atoms with Crippen molar-refractivity contribution in [1.82, 2.24) is 4.90 Å². The van der Waals surface area contributed by atoms with Crippen molar-refractivity contribution in [3.8, 4) is 0 Å². The van der Waals surface area contributed by atoms with E-state index in [1.54, 1.807) is 11.8 Å². The molecule has 0 aromatic heterocycles. The second kappa shape index (κ2) is 5.17. The summed E-state index contributed by atoms with van der Waals surface area (Å²) in [6.45, 7) is 2.93. The molecule has 2 heterocycles. The molecule has 3 rings (SSSR count). The van der Waals surface area contributed by atoms with Gasteiger partial charge in [0.1, 0.15) is 0 Å². The van der Waals surface area contributed by atoms with E-state index in [0.717, 1.165) is 25.1 Å². The van der Waals surface area contributed by atoms with E-state index < -0.39 is 0 Å². The van der Waals surface area contributed by atoms with E-state index in [1.807, 2.05) is 17.0 Å². The van der Waals surface area contributed by atoms with Crippen LogP contribution in [0.1, 0.15) is 31.2 Å². The van der Waals surface area contributed by atoms with Gasteiger partial charge in [0.05, 0.1) is 5.92 Å². The summed E-state index contributed by atoms with van der Waals surface area (Å²) >= 11 is 1.80. The monoisotopic (exact) mass is 276 g/mol. The van der Waals surface area contributed by atoms with Crippen LogP contribution >= 0.6 is 11.8 Å². The Balaban J connectivity index is 1.78. The lowest BCUT2D eigenvalue weighted by molar-refractivity contribution is -0.135. The number of piperidine rings is 1. The number of hydrogen-bond donors (Lipinski definition) is 1. The van der Waals surface area contributed by atoms with Crippen LogP contribution in [0.15, 0.2) is 29.2 Å². The molecule has 1 amide bonds. The number of nitrogens with two attached hydrogens (primary N) is 1. The number of amides is 1. The van der Waals surface area contributed by atoms with Crippen LogP contribution in [-0.2, 0) is 4.79 Å². The van der Waals surface area contributed by atoms with Crippen LogP contribution in [0.5, 0.6) is 0 Å². The molecule has 102 valence electrons. The molecule has 2 N–H and O–H groups in total. The molecule has 2 aliphatic rings. The number of benzene rings is 1. The summed E-state index contributed by atoms with van der Waals surface area (Å²) in [6, 6.07) is 8.81. The van der Waals surface area contributed by atoms with Gasteiger partial charge >= 0.3 is 0 Å². The Morgan fingerprint density at radius 1 is 1.42 bits per heavy atom. The van der Waals surface area contributed by atoms with E-state index >= 15 is 0 Å². The minimum absolute atomic E-state index is 0.0398. The Kier molecular flexibility index (Phi) is 3.54. The first-order valence-corrected chi connectivity index (χ1v) is 7.93. The van der Waals surface area contributed by atoms with Gasteiger partial charge in [0.15, 0.2) is 0 Å². The van der Waals surface area contributed by atoms with Crippen molar-refractivity contribution in [3.63, 3.8) is 0 Å². The summed E-state index contributed by atoms with van der Waals surface area (Å²) in [4.78, 5) is 16.1. The molecule has 2 aliphatic heterocycles. The van der Waals surface area contributed by atoms with E-state index in [2.05, 4.69) is 19.1 Å². The van der Waals surface area contributed by atoms with Crippen molar-refractivity contribution in [1.29, 1.82) is 0 Å². The highest BCUT2D eigenvalue weighted by atomic mass is 32.2. The first-order valence-electron chi connectivity index (χ1n) is 6.94. The Morgan fingerprint density at radius 2 is 2.21 bits per heavy atom. The number of carbonyl (C=O) groups is 1. The first-order chi connectivity index (χ1) is 9.16. The highest BCUT2D eigenvalue weighted by Crippen LogP contribution is 2.40. The molecule has 19 heavy (non-hydrogen) atoms. The maximum absolute atomic E-state index is 12.8. The fourth-order valence-electron chi connectivity index (χ4n) is 3.10. The molecule has 1 aromatic rings. The standard InChI is InChI=1S/C15H20N2OS/c1-10-8-11(16)6-7-17(10)15(18)13-9-19-14-5-3-2-4-12(13)14/h2-5,10-11,13H,6-9,16H2,1H3. The molecule has 4 heteroatoms. The molecule has 1 aromatic carbocycles. The molecule has 0 bridgehead atoms. The number of hydrogen-bond acceptors (Lipinski definition) is 3. The average molecular weight is 276 g/mol. The third-order valence-electron chi connectivity index (χ3n) is 4.20. The van der Waals surface area contributed by atoms with Crippen molar-refractivity contribution in [2.45, 2.75) is 42.7 Å². The topological polar surface area (TPSA) is 46.3 Å². The maximum atomic E-state index is 12.8. The predicted molar refractivity (Wildman–Crippen MR) is 78.3 cm³/mol. The molecule has 1 saturated heterocycles. The second-order valence-electron chi connectivity index (χ2n) is 5.57. The lowest BCUT2D eigenvalue weighted by Gasteiger charge is -2.37. The third-order valence-corrected chi connectivity index (χ3v) is 5.38.